The van der Waals surface area contributed by atoms with Gasteiger partial charge in [-0.15, -0.1) is 0 Å². The molecule has 1 heterocycles. The Hall–Kier alpha value is -3.54. The van der Waals surface area contributed by atoms with E-state index in [2.05, 4.69) is 15.3 Å². The molecular weight excluding hydrogens is 316 g/mol. The average molecular weight is 336 g/mol. The Labute approximate surface area is 147 Å². The number of ketones is 1. The zero-order valence-corrected chi connectivity index (χ0v) is 13.6. The highest BCUT2D eigenvalue weighted by Gasteiger charge is 2.15. The second-order valence-corrected chi connectivity index (χ2v) is 5.44. The molecule has 0 fully saturated rings. The zero-order chi connectivity index (χ0) is 17.8. The molecule has 0 unspecified atom stereocenters. The molecule has 0 bridgehead atoms. The minimum absolute atomic E-state index is 0. The number of nitrogens with one attached hydrogen (secondary N) is 1. The van der Waals surface area contributed by atoms with Crippen LogP contribution in [0.4, 0.5) is 11.5 Å². The average Bonchev–Trinajstić information content (AvgIpc) is 2.63. The number of carbonyl (C=O) groups is 2. The maximum absolute atomic E-state index is 12.4. The molecule has 0 radical (unpaired) electrons. The van der Waals surface area contributed by atoms with Crippen molar-refractivity contribution in [3.05, 3.63) is 72.1 Å². The van der Waals surface area contributed by atoms with Gasteiger partial charge in [0.1, 0.15) is 0 Å². The summed E-state index contributed by atoms with van der Waals surface area (Å²) < 4.78 is 0. The van der Waals surface area contributed by atoms with E-state index in [-0.39, 0.29) is 20.1 Å². The summed E-state index contributed by atoms with van der Waals surface area (Å²) in [6.07, 6.45) is 1.50. The highest BCUT2D eigenvalue weighted by Crippen LogP contribution is 2.20. The van der Waals surface area contributed by atoms with Crippen molar-refractivity contribution in [3.63, 3.8) is 0 Å². The quantitative estimate of drug-likeness (QED) is 0.708. The first kappa shape index (κ1) is 16.3. The first-order valence-electron chi connectivity index (χ1n) is 7.65. The summed E-state index contributed by atoms with van der Waals surface area (Å²) in [7, 11) is 0. The Kier molecular flexibility index (Phi) is 4.52. The number of nitrogens with two attached hydrogens (primary N) is 1. The van der Waals surface area contributed by atoms with Crippen molar-refractivity contribution >= 4 is 23.2 Å². The van der Waals surface area contributed by atoms with Crippen molar-refractivity contribution in [3.8, 4) is 11.3 Å². The lowest BCUT2D eigenvalue weighted by molar-refractivity contribution is 0.101. The van der Waals surface area contributed by atoms with Gasteiger partial charge in [0.2, 0.25) is 0 Å². The summed E-state index contributed by atoms with van der Waals surface area (Å²) in [4.78, 5) is 32.2. The van der Waals surface area contributed by atoms with E-state index in [0.29, 0.717) is 16.9 Å². The van der Waals surface area contributed by atoms with E-state index in [1.165, 1.54) is 13.1 Å². The third kappa shape index (κ3) is 3.69. The molecule has 0 saturated carbocycles. The van der Waals surface area contributed by atoms with Gasteiger partial charge in [-0.1, -0.05) is 42.5 Å². The number of carbonyl (C=O) groups excluding carboxylic acids is 2. The maximum atomic E-state index is 12.4. The molecule has 25 heavy (non-hydrogen) atoms. The van der Waals surface area contributed by atoms with E-state index in [1.54, 1.807) is 36.4 Å². The maximum Gasteiger partial charge on any atom is 0.278 e. The molecule has 3 aromatic rings. The SMILES string of the molecule is CC(=O)c1ccc(-c2cnc(N)c(C(=O)Nc3ccccc3)n2)cc1.[HH].[HH]. The molecule has 6 heteroatoms. The van der Waals surface area contributed by atoms with Gasteiger partial charge in [-0.25, -0.2) is 9.97 Å². The topological polar surface area (TPSA) is 98.0 Å². The zero-order valence-electron chi connectivity index (χ0n) is 13.6. The normalized spacial score (nSPS) is 10.3. The summed E-state index contributed by atoms with van der Waals surface area (Å²) in [5.41, 5.74) is 8.35. The van der Waals surface area contributed by atoms with Gasteiger partial charge < -0.3 is 11.1 Å². The summed E-state index contributed by atoms with van der Waals surface area (Å²) in [5, 5.41) is 2.74. The smallest absolute Gasteiger partial charge is 0.278 e. The highest BCUT2D eigenvalue weighted by molar-refractivity contribution is 6.06. The van der Waals surface area contributed by atoms with Gasteiger partial charge in [-0.05, 0) is 19.1 Å². The number of nitrogen functional groups attached to an aromatic ring is 1. The second kappa shape index (κ2) is 6.92. The lowest BCUT2D eigenvalue weighted by Gasteiger charge is -2.08. The minimum Gasteiger partial charge on any atom is -0.382 e. The van der Waals surface area contributed by atoms with Crippen LogP contribution in [0.2, 0.25) is 0 Å². The fraction of sp³-hybridized carbons (Fsp3) is 0.0526. The predicted molar refractivity (Wildman–Crippen MR) is 101 cm³/mol. The molecule has 3 N–H and O–H groups in total. The number of nitrogens with zero attached hydrogens (tertiary/aromatic N) is 2. The van der Waals surface area contributed by atoms with Gasteiger partial charge in [0.25, 0.3) is 5.91 Å². The molecule has 3 rings (SSSR count). The molecule has 2 aromatic carbocycles. The number of rotatable bonds is 4. The lowest BCUT2D eigenvalue weighted by atomic mass is 10.1. The van der Waals surface area contributed by atoms with E-state index >= 15 is 0 Å². The van der Waals surface area contributed by atoms with Crippen molar-refractivity contribution in [1.29, 1.82) is 0 Å². The van der Waals surface area contributed by atoms with Crippen molar-refractivity contribution in [1.82, 2.24) is 9.97 Å². The number of aromatic nitrogens is 2. The van der Waals surface area contributed by atoms with Crippen molar-refractivity contribution in [2.75, 3.05) is 11.1 Å². The van der Waals surface area contributed by atoms with Crippen LogP contribution >= 0.6 is 0 Å². The fourth-order valence-corrected chi connectivity index (χ4v) is 2.29. The Morgan fingerprint density at radius 1 is 1.04 bits per heavy atom. The Morgan fingerprint density at radius 2 is 1.72 bits per heavy atom. The van der Waals surface area contributed by atoms with Crippen LogP contribution in [0.25, 0.3) is 11.3 Å². The molecule has 128 valence electrons. The minimum atomic E-state index is -0.432. The van der Waals surface area contributed by atoms with Crippen LogP contribution in [0.15, 0.2) is 60.8 Å². The highest BCUT2D eigenvalue weighted by atomic mass is 16.2. The van der Waals surface area contributed by atoms with Crippen molar-refractivity contribution in [2.24, 2.45) is 0 Å². The number of Topliss-reactive ketones (excluding diaryl/α,β-unsaturated/α-hetero) is 1. The Balaban J connectivity index is 0.00000182. The molecule has 0 saturated heterocycles. The number of anilines is 2. The van der Waals surface area contributed by atoms with Crippen LogP contribution < -0.4 is 11.1 Å². The number of hydrogen-bond donors (Lipinski definition) is 2. The summed E-state index contributed by atoms with van der Waals surface area (Å²) in [6.45, 7) is 1.50. The largest absolute Gasteiger partial charge is 0.382 e. The third-order valence-electron chi connectivity index (χ3n) is 3.63. The van der Waals surface area contributed by atoms with Gasteiger partial charge in [0, 0.05) is 19.7 Å². The molecule has 0 aliphatic carbocycles. The Morgan fingerprint density at radius 3 is 2.36 bits per heavy atom. The van der Waals surface area contributed by atoms with E-state index in [4.69, 9.17) is 5.73 Å². The monoisotopic (exact) mass is 336 g/mol. The second-order valence-electron chi connectivity index (χ2n) is 5.44. The van der Waals surface area contributed by atoms with Gasteiger partial charge in [-0.2, -0.15) is 0 Å². The summed E-state index contributed by atoms with van der Waals surface area (Å²) in [5.74, 6) is -0.395. The van der Waals surface area contributed by atoms with Crippen LogP contribution in [-0.4, -0.2) is 21.7 Å². The molecule has 0 aliphatic heterocycles. The summed E-state index contributed by atoms with van der Waals surface area (Å²) in [6, 6.07) is 16.0. The van der Waals surface area contributed by atoms with E-state index in [1.807, 2.05) is 18.2 Å². The number of benzene rings is 2. The van der Waals surface area contributed by atoms with Gasteiger partial charge in [0.15, 0.2) is 17.3 Å². The van der Waals surface area contributed by atoms with Crippen LogP contribution in [0.1, 0.15) is 30.6 Å². The first-order valence-corrected chi connectivity index (χ1v) is 7.65. The first-order chi connectivity index (χ1) is 12.0. The van der Waals surface area contributed by atoms with Gasteiger partial charge in [0.05, 0.1) is 11.9 Å². The van der Waals surface area contributed by atoms with Crippen LogP contribution in [0, 0.1) is 0 Å². The van der Waals surface area contributed by atoms with Gasteiger partial charge in [-0.3, -0.25) is 9.59 Å². The number of amides is 1. The fourth-order valence-electron chi connectivity index (χ4n) is 2.29. The van der Waals surface area contributed by atoms with E-state index in [0.717, 1.165) is 5.56 Å². The van der Waals surface area contributed by atoms with Crippen molar-refractivity contribution in [2.45, 2.75) is 6.92 Å². The molecule has 0 aliphatic rings. The molecule has 1 amide bonds. The van der Waals surface area contributed by atoms with E-state index < -0.39 is 5.91 Å². The summed E-state index contributed by atoms with van der Waals surface area (Å²) >= 11 is 0. The molecule has 1 aromatic heterocycles. The lowest BCUT2D eigenvalue weighted by Crippen LogP contribution is -2.17. The van der Waals surface area contributed by atoms with Crippen LogP contribution in [0.5, 0.6) is 0 Å². The molecule has 0 atom stereocenters. The predicted octanol–water partition coefficient (Wildman–Crippen LogP) is 3.67. The molecular formula is C19H20N4O2. The van der Waals surface area contributed by atoms with Crippen molar-refractivity contribution < 1.29 is 12.4 Å². The Bertz CT molecular complexity index is 932. The standard InChI is InChI=1S/C19H16N4O2.2H2/c1-12(24)13-7-9-14(10-8-13)16-11-21-18(20)17(23-16)19(25)22-15-5-3-2-4-6-15;;/h2-11H,1H3,(H2,20,21)(H,22,25);2*1H. The number of hydrogen-bond acceptors (Lipinski definition) is 5. The molecule has 0 spiro atoms. The van der Waals surface area contributed by atoms with Gasteiger partial charge >= 0.3 is 0 Å². The third-order valence-corrected chi connectivity index (χ3v) is 3.63. The van der Waals surface area contributed by atoms with E-state index in [9.17, 15) is 9.59 Å². The van der Waals surface area contributed by atoms with Crippen LogP contribution in [0.3, 0.4) is 0 Å². The number of para-hydroxylation sites is 1. The van der Waals surface area contributed by atoms with Crippen LogP contribution in [-0.2, 0) is 0 Å². The molecule has 6 nitrogen and oxygen atoms in total.